The van der Waals surface area contributed by atoms with Crippen molar-refractivity contribution in [3.63, 3.8) is 0 Å². The number of ether oxygens (including phenoxy) is 3. The quantitative estimate of drug-likeness (QED) is 0.490. The van der Waals surface area contributed by atoms with Gasteiger partial charge in [0.2, 0.25) is 6.79 Å². The first-order chi connectivity index (χ1) is 10.6. The SMILES string of the molecule is COc1ccc(C(=O)c2cc3c(cc2[N+](=O)[O-])OCO3)cc1. The molecule has 0 radical (unpaired) electrons. The highest BCUT2D eigenvalue weighted by Gasteiger charge is 2.27. The molecule has 0 saturated heterocycles. The minimum atomic E-state index is -0.612. The van der Waals surface area contributed by atoms with Crippen LogP contribution in [0.3, 0.4) is 0 Å². The van der Waals surface area contributed by atoms with Crippen molar-refractivity contribution in [2.45, 2.75) is 0 Å². The lowest BCUT2D eigenvalue weighted by atomic mass is 10.0. The third-order valence-corrected chi connectivity index (χ3v) is 3.28. The lowest BCUT2D eigenvalue weighted by molar-refractivity contribution is -0.385. The fourth-order valence-corrected chi connectivity index (χ4v) is 2.16. The zero-order valence-corrected chi connectivity index (χ0v) is 11.6. The summed E-state index contributed by atoms with van der Waals surface area (Å²) in [7, 11) is 1.51. The van der Waals surface area contributed by atoms with E-state index in [-0.39, 0.29) is 23.8 Å². The molecule has 7 nitrogen and oxygen atoms in total. The molecule has 0 aromatic heterocycles. The van der Waals surface area contributed by atoms with Crippen LogP contribution in [0.1, 0.15) is 15.9 Å². The van der Waals surface area contributed by atoms with Crippen LogP contribution in [0.25, 0.3) is 0 Å². The topological polar surface area (TPSA) is 87.9 Å². The molecule has 0 aliphatic carbocycles. The summed E-state index contributed by atoms with van der Waals surface area (Å²) in [5, 5.41) is 11.2. The molecular formula is C15H11NO6. The molecule has 3 rings (SSSR count). The smallest absolute Gasteiger partial charge is 0.284 e. The zero-order chi connectivity index (χ0) is 15.7. The van der Waals surface area contributed by atoms with Crippen molar-refractivity contribution in [2.75, 3.05) is 13.9 Å². The van der Waals surface area contributed by atoms with Crippen molar-refractivity contribution >= 4 is 11.5 Å². The number of hydrogen-bond donors (Lipinski definition) is 0. The second-order valence-corrected chi connectivity index (χ2v) is 4.54. The van der Waals surface area contributed by atoms with E-state index in [4.69, 9.17) is 14.2 Å². The molecule has 112 valence electrons. The summed E-state index contributed by atoms with van der Waals surface area (Å²) in [5.41, 5.74) is -0.0350. The van der Waals surface area contributed by atoms with E-state index < -0.39 is 10.7 Å². The van der Waals surface area contributed by atoms with Gasteiger partial charge in [0.1, 0.15) is 11.3 Å². The van der Waals surface area contributed by atoms with Crippen molar-refractivity contribution in [1.82, 2.24) is 0 Å². The van der Waals surface area contributed by atoms with E-state index in [0.29, 0.717) is 17.1 Å². The number of nitrogens with zero attached hydrogens (tertiary/aromatic N) is 1. The van der Waals surface area contributed by atoms with Gasteiger partial charge in [0.25, 0.3) is 5.69 Å². The first kappa shape index (κ1) is 13.9. The molecule has 0 unspecified atom stereocenters. The van der Waals surface area contributed by atoms with E-state index in [1.165, 1.54) is 19.2 Å². The highest BCUT2D eigenvalue weighted by Crippen LogP contribution is 2.38. The Morgan fingerprint density at radius 3 is 2.41 bits per heavy atom. The highest BCUT2D eigenvalue weighted by molar-refractivity contribution is 6.12. The maximum atomic E-state index is 12.5. The van der Waals surface area contributed by atoms with E-state index in [9.17, 15) is 14.9 Å². The largest absolute Gasteiger partial charge is 0.497 e. The number of nitro groups is 1. The molecule has 0 atom stereocenters. The number of methoxy groups -OCH3 is 1. The van der Waals surface area contributed by atoms with Gasteiger partial charge in [-0.2, -0.15) is 0 Å². The zero-order valence-electron chi connectivity index (χ0n) is 11.6. The molecule has 1 aliphatic rings. The first-order valence-electron chi connectivity index (χ1n) is 6.37. The molecule has 2 aromatic rings. The molecule has 0 bridgehead atoms. The van der Waals surface area contributed by atoms with Gasteiger partial charge in [-0.15, -0.1) is 0 Å². The van der Waals surface area contributed by atoms with Crippen molar-refractivity contribution in [3.05, 3.63) is 57.6 Å². The molecule has 0 fully saturated rings. The van der Waals surface area contributed by atoms with Crippen LogP contribution in [0.4, 0.5) is 5.69 Å². The highest BCUT2D eigenvalue weighted by atomic mass is 16.7. The van der Waals surface area contributed by atoms with Crippen LogP contribution >= 0.6 is 0 Å². The summed E-state index contributed by atoms with van der Waals surface area (Å²) in [5.74, 6) is 0.713. The van der Waals surface area contributed by atoms with E-state index in [1.807, 2.05) is 0 Å². The predicted molar refractivity (Wildman–Crippen MR) is 75.6 cm³/mol. The van der Waals surface area contributed by atoms with Crippen LogP contribution in [0, 0.1) is 10.1 Å². The predicted octanol–water partition coefficient (Wildman–Crippen LogP) is 2.56. The molecule has 0 N–H and O–H groups in total. The van der Waals surface area contributed by atoms with Crippen LogP contribution in [-0.4, -0.2) is 24.6 Å². The maximum absolute atomic E-state index is 12.5. The molecule has 0 saturated carbocycles. The molecule has 1 heterocycles. The monoisotopic (exact) mass is 301 g/mol. The summed E-state index contributed by atoms with van der Waals surface area (Å²) < 4.78 is 15.3. The number of rotatable bonds is 4. The number of ketones is 1. The van der Waals surface area contributed by atoms with Crippen molar-refractivity contribution in [3.8, 4) is 17.2 Å². The number of nitro benzene ring substituents is 1. The third kappa shape index (κ3) is 2.32. The summed E-state index contributed by atoms with van der Waals surface area (Å²) in [4.78, 5) is 23.1. The maximum Gasteiger partial charge on any atom is 0.284 e. The molecule has 22 heavy (non-hydrogen) atoms. The second-order valence-electron chi connectivity index (χ2n) is 4.54. The first-order valence-corrected chi connectivity index (χ1v) is 6.37. The number of fused-ring (bicyclic) bond motifs is 1. The third-order valence-electron chi connectivity index (χ3n) is 3.28. The summed E-state index contributed by atoms with van der Waals surface area (Å²) in [6, 6.07) is 8.88. The second kappa shape index (κ2) is 5.36. The Kier molecular flexibility index (Phi) is 3.38. The number of carbonyl (C=O) groups excluding carboxylic acids is 1. The summed E-state index contributed by atoms with van der Waals surface area (Å²) in [6.07, 6.45) is 0. The molecule has 7 heteroatoms. The standard InChI is InChI=1S/C15H11NO6/c1-20-10-4-2-9(3-5-10)15(17)11-6-13-14(22-8-21-13)7-12(11)16(18)19/h2-7H,8H2,1H3. The molecular weight excluding hydrogens is 290 g/mol. The average Bonchev–Trinajstić information content (AvgIpc) is 3.00. The van der Waals surface area contributed by atoms with Crippen LogP contribution in [0.15, 0.2) is 36.4 Å². The van der Waals surface area contributed by atoms with Gasteiger partial charge < -0.3 is 14.2 Å². The van der Waals surface area contributed by atoms with E-state index >= 15 is 0 Å². The molecule has 0 spiro atoms. The Morgan fingerprint density at radius 1 is 1.18 bits per heavy atom. The van der Waals surface area contributed by atoms with Gasteiger partial charge in [-0.25, -0.2) is 0 Å². The lowest BCUT2D eigenvalue weighted by Gasteiger charge is -2.05. The Hall–Kier alpha value is -3.09. The van der Waals surface area contributed by atoms with Gasteiger partial charge in [-0.3, -0.25) is 14.9 Å². The Balaban J connectivity index is 2.05. The minimum Gasteiger partial charge on any atom is -0.497 e. The van der Waals surface area contributed by atoms with Gasteiger partial charge >= 0.3 is 0 Å². The Morgan fingerprint density at radius 2 is 1.82 bits per heavy atom. The Labute approximate surface area is 125 Å². The Bertz CT molecular complexity index is 753. The van der Waals surface area contributed by atoms with Crippen LogP contribution in [0.5, 0.6) is 17.2 Å². The van der Waals surface area contributed by atoms with Crippen LogP contribution in [0.2, 0.25) is 0 Å². The van der Waals surface area contributed by atoms with E-state index in [2.05, 4.69) is 0 Å². The van der Waals surface area contributed by atoms with Crippen molar-refractivity contribution in [1.29, 1.82) is 0 Å². The van der Waals surface area contributed by atoms with E-state index in [0.717, 1.165) is 0 Å². The molecule has 1 aliphatic heterocycles. The normalized spacial score (nSPS) is 12.0. The van der Waals surface area contributed by atoms with Gasteiger partial charge in [0, 0.05) is 11.6 Å². The summed E-state index contributed by atoms with van der Waals surface area (Å²) >= 11 is 0. The minimum absolute atomic E-state index is 0.0212. The number of carbonyl (C=O) groups is 1. The fraction of sp³-hybridized carbons (Fsp3) is 0.133. The van der Waals surface area contributed by atoms with Gasteiger partial charge in [-0.05, 0) is 24.3 Å². The van der Waals surface area contributed by atoms with E-state index in [1.54, 1.807) is 24.3 Å². The fourth-order valence-electron chi connectivity index (χ4n) is 2.16. The number of hydrogen-bond acceptors (Lipinski definition) is 6. The molecule has 0 amide bonds. The van der Waals surface area contributed by atoms with Gasteiger partial charge in [-0.1, -0.05) is 0 Å². The number of benzene rings is 2. The molecule has 2 aromatic carbocycles. The van der Waals surface area contributed by atoms with Gasteiger partial charge in [0.15, 0.2) is 17.3 Å². The lowest BCUT2D eigenvalue weighted by Crippen LogP contribution is -2.05. The summed E-state index contributed by atoms with van der Waals surface area (Å²) in [6.45, 7) is -0.0212. The van der Waals surface area contributed by atoms with Crippen molar-refractivity contribution < 1.29 is 23.9 Å². The van der Waals surface area contributed by atoms with Gasteiger partial charge in [0.05, 0.1) is 18.1 Å². The van der Waals surface area contributed by atoms with Crippen molar-refractivity contribution in [2.24, 2.45) is 0 Å². The average molecular weight is 301 g/mol. The van der Waals surface area contributed by atoms with Crippen LogP contribution < -0.4 is 14.2 Å². The van der Waals surface area contributed by atoms with Crippen LogP contribution in [-0.2, 0) is 0 Å².